The Labute approximate surface area is 99.4 Å². The van der Waals surface area contributed by atoms with E-state index in [2.05, 4.69) is 14.8 Å². The summed E-state index contributed by atoms with van der Waals surface area (Å²) < 4.78 is 29.1. The Morgan fingerprint density at radius 1 is 1.29 bits per heavy atom. The van der Waals surface area contributed by atoms with Crippen LogP contribution in [0.3, 0.4) is 0 Å². The van der Waals surface area contributed by atoms with Crippen LogP contribution < -0.4 is 10.0 Å². The summed E-state index contributed by atoms with van der Waals surface area (Å²) in [5.74, 6) is -1.96. The lowest BCUT2D eigenvalue weighted by Crippen LogP contribution is -2.36. The molecule has 0 fully saturated rings. The predicted octanol–water partition coefficient (Wildman–Crippen LogP) is -1.86. The first kappa shape index (κ1) is 15.8. The largest absolute Gasteiger partial charge is 0.480 e. The van der Waals surface area contributed by atoms with Gasteiger partial charge in [0.2, 0.25) is 15.9 Å². The fourth-order valence-electron chi connectivity index (χ4n) is 0.899. The molecule has 0 aliphatic rings. The smallest absolute Gasteiger partial charge is 0.329 e. The fraction of sp³-hybridized carbons (Fsp3) is 0.750. The normalized spacial score (nSPS) is 11.1. The highest BCUT2D eigenvalue weighted by atomic mass is 32.2. The zero-order valence-electron chi connectivity index (χ0n) is 9.43. The summed E-state index contributed by atoms with van der Waals surface area (Å²) in [4.78, 5) is 21.1. The van der Waals surface area contributed by atoms with E-state index in [9.17, 15) is 18.0 Å². The van der Waals surface area contributed by atoms with Crippen molar-refractivity contribution < 1.29 is 27.9 Å². The van der Waals surface area contributed by atoms with Gasteiger partial charge in [-0.1, -0.05) is 6.92 Å². The molecule has 100 valence electrons. The molecule has 0 atom stereocenters. The molecule has 0 aromatic rings. The molecule has 0 saturated heterocycles. The van der Waals surface area contributed by atoms with Crippen molar-refractivity contribution in [3.8, 4) is 0 Å². The summed E-state index contributed by atoms with van der Waals surface area (Å²) in [6, 6.07) is 0. The van der Waals surface area contributed by atoms with Gasteiger partial charge < -0.3 is 15.2 Å². The molecule has 3 N–H and O–H groups in total. The second kappa shape index (κ2) is 7.98. The standard InChI is InChI=1S/C8H16N2O6S/c1-2-10-17(14,15)4-3-9-7(11)5-16-6-8(12)13/h10H,2-6H2,1H3,(H,9,11)(H,12,13). The lowest BCUT2D eigenvalue weighted by molar-refractivity contribution is -0.143. The van der Waals surface area contributed by atoms with Crippen molar-refractivity contribution in [2.24, 2.45) is 0 Å². The van der Waals surface area contributed by atoms with E-state index >= 15 is 0 Å². The molecular weight excluding hydrogens is 252 g/mol. The van der Waals surface area contributed by atoms with E-state index in [1.807, 2.05) is 0 Å². The molecule has 8 nitrogen and oxygen atoms in total. The molecule has 0 rings (SSSR count). The molecule has 0 unspecified atom stereocenters. The Morgan fingerprint density at radius 2 is 1.94 bits per heavy atom. The van der Waals surface area contributed by atoms with E-state index in [-0.39, 0.29) is 18.8 Å². The second-order valence-corrected chi connectivity index (χ2v) is 4.98. The maximum absolute atomic E-state index is 11.1. The maximum atomic E-state index is 11.1. The minimum atomic E-state index is -3.36. The number of hydrogen-bond acceptors (Lipinski definition) is 5. The van der Waals surface area contributed by atoms with Crippen LogP contribution in [0.4, 0.5) is 0 Å². The SMILES string of the molecule is CCNS(=O)(=O)CCNC(=O)COCC(=O)O. The Hall–Kier alpha value is -1.19. The zero-order valence-corrected chi connectivity index (χ0v) is 10.2. The summed E-state index contributed by atoms with van der Waals surface area (Å²) in [6.07, 6.45) is 0. The van der Waals surface area contributed by atoms with E-state index in [0.717, 1.165) is 0 Å². The third-order valence-corrected chi connectivity index (χ3v) is 2.99. The van der Waals surface area contributed by atoms with Gasteiger partial charge >= 0.3 is 5.97 Å². The predicted molar refractivity (Wildman–Crippen MR) is 58.9 cm³/mol. The Kier molecular flexibility index (Phi) is 7.42. The van der Waals surface area contributed by atoms with Crippen molar-refractivity contribution in [1.29, 1.82) is 0 Å². The average molecular weight is 268 g/mol. The van der Waals surface area contributed by atoms with Gasteiger partial charge in [-0.15, -0.1) is 0 Å². The first-order valence-corrected chi connectivity index (χ1v) is 6.56. The van der Waals surface area contributed by atoms with Crippen LogP contribution in [-0.2, 0) is 24.3 Å². The average Bonchev–Trinajstić information content (AvgIpc) is 2.16. The lowest BCUT2D eigenvalue weighted by atomic mass is 10.6. The number of amides is 1. The second-order valence-electron chi connectivity index (χ2n) is 3.05. The molecular formula is C8H16N2O6S. The Morgan fingerprint density at radius 3 is 2.47 bits per heavy atom. The molecule has 0 bridgehead atoms. The van der Waals surface area contributed by atoms with Crippen LogP contribution in [0.2, 0.25) is 0 Å². The number of nitrogens with one attached hydrogen (secondary N) is 2. The van der Waals surface area contributed by atoms with Gasteiger partial charge in [-0.3, -0.25) is 4.79 Å². The number of aliphatic carboxylic acids is 1. The molecule has 0 heterocycles. The number of carbonyl (C=O) groups excluding carboxylic acids is 1. The van der Waals surface area contributed by atoms with Gasteiger partial charge in [0.15, 0.2) is 0 Å². The van der Waals surface area contributed by atoms with Crippen LogP contribution in [0, 0.1) is 0 Å². The summed E-state index contributed by atoms with van der Waals surface area (Å²) in [6.45, 7) is 0.912. The van der Waals surface area contributed by atoms with E-state index in [1.165, 1.54) is 0 Å². The Bertz CT molecular complexity index is 353. The van der Waals surface area contributed by atoms with Crippen molar-refractivity contribution in [3.05, 3.63) is 0 Å². The number of hydrogen-bond donors (Lipinski definition) is 3. The molecule has 0 radical (unpaired) electrons. The molecule has 9 heteroatoms. The number of sulfonamides is 1. The van der Waals surface area contributed by atoms with Crippen molar-refractivity contribution in [2.75, 3.05) is 32.1 Å². The van der Waals surface area contributed by atoms with Crippen LogP contribution in [0.15, 0.2) is 0 Å². The molecule has 0 aliphatic heterocycles. The van der Waals surface area contributed by atoms with Crippen LogP contribution >= 0.6 is 0 Å². The van der Waals surface area contributed by atoms with Crippen LogP contribution in [-0.4, -0.2) is 57.5 Å². The monoisotopic (exact) mass is 268 g/mol. The van der Waals surface area contributed by atoms with Crippen molar-refractivity contribution in [3.63, 3.8) is 0 Å². The van der Waals surface area contributed by atoms with Gasteiger partial charge in [0.25, 0.3) is 0 Å². The van der Waals surface area contributed by atoms with Crippen LogP contribution in [0.25, 0.3) is 0 Å². The highest BCUT2D eigenvalue weighted by Crippen LogP contribution is 1.82. The third kappa shape index (κ3) is 9.72. The summed E-state index contributed by atoms with van der Waals surface area (Å²) in [5.41, 5.74) is 0. The molecule has 0 aromatic carbocycles. The van der Waals surface area contributed by atoms with Gasteiger partial charge in [0, 0.05) is 13.1 Å². The molecule has 1 amide bonds. The highest BCUT2D eigenvalue weighted by Gasteiger charge is 2.09. The first-order chi connectivity index (χ1) is 7.87. The van der Waals surface area contributed by atoms with E-state index < -0.39 is 35.1 Å². The molecule has 17 heavy (non-hydrogen) atoms. The van der Waals surface area contributed by atoms with Crippen molar-refractivity contribution >= 4 is 21.9 Å². The number of carboxylic acids is 1. The van der Waals surface area contributed by atoms with Crippen molar-refractivity contribution in [2.45, 2.75) is 6.92 Å². The summed E-state index contributed by atoms with van der Waals surface area (Å²) in [7, 11) is -3.36. The highest BCUT2D eigenvalue weighted by molar-refractivity contribution is 7.89. The van der Waals surface area contributed by atoms with E-state index in [4.69, 9.17) is 5.11 Å². The molecule has 0 aliphatic carbocycles. The number of rotatable bonds is 9. The van der Waals surface area contributed by atoms with E-state index in [0.29, 0.717) is 0 Å². The number of carbonyl (C=O) groups is 2. The minimum Gasteiger partial charge on any atom is -0.480 e. The summed E-state index contributed by atoms with van der Waals surface area (Å²) in [5, 5.41) is 10.5. The maximum Gasteiger partial charge on any atom is 0.329 e. The molecule has 0 spiro atoms. The molecule has 0 aromatic heterocycles. The van der Waals surface area contributed by atoms with Crippen molar-refractivity contribution in [1.82, 2.24) is 10.0 Å². The number of ether oxygens (including phenoxy) is 1. The van der Waals surface area contributed by atoms with Gasteiger partial charge in [0.1, 0.15) is 13.2 Å². The summed E-state index contributed by atoms with van der Waals surface area (Å²) >= 11 is 0. The quantitative estimate of drug-likeness (QED) is 0.451. The third-order valence-electron chi connectivity index (χ3n) is 1.52. The van der Waals surface area contributed by atoms with Crippen LogP contribution in [0.5, 0.6) is 0 Å². The van der Waals surface area contributed by atoms with Crippen LogP contribution in [0.1, 0.15) is 6.92 Å². The van der Waals surface area contributed by atoms with E-state index in [1.54, 1.807) is 6.92 Å². The minimum absolute atomic E-state index is 0.0510. The lowest BCUT2D eigenvalue weighted by Gasteiger charge is -2.06. The number of carboxylic acid groups (broad SMARTS) is 1. The first-order valence-electron chi connectivity index (χ1n) is 4.91. The topological polar surface area (TPSA) is 122 Å². The Balaban J connectivity index is 3.68. The fourth-order valence-corrected chi connectivity index (χ4v) is 1.85. The van der Waals surface area contributed by atoms with Gasteiger partial charge in [0.05, 0.1) is 5.75 Å². The van der Waals surface area contributed by atoms with Gasteiger partial charge in [-0.05, 0) is 0 Å². The zero-order chi connectivity index (χ0) is 13.3. The molecule has 0 saturated carbocycles. The van der Waals surface area contributed by atoms with Gasteiger partial charge in [-0.25, -0.2) is 17.9 Å². The van der Waals surface area contributed by atoms with Gasteiger partial charge in [-0.2, -0.15) is 0 Å².